The zero-order chi connectivity index (χ0) is 21.4. The van der Waals surface area contributed by atoms with E-state index in [2.05, 4.69) is 5.32 Å². The summed E-state index contributed by atoms with van der Waals surface area (Å²) in [4.78, 5) is 23.2. The molecular formula is C22H35NO4. The predicted molar refractivity (Wildman–Crippen MR) is 113 cm³/mol. The molecule has 2 unspecified atom stereocenters. The minimum atomic E-state index is -0.986. The summed E-state index contributed by atoms with van der Waals surface area (Å²) in [7, 11) is 1.56. The lowest BCUT2D eigenvalue weighted by atomic mass is 9.99. The van der Waals surface area contributed by atoms with Crippen molar-refractivity contribution in [1.82, 2.24) is 0 Å². The number of carbonyl (C=O) groups excluding carboxylic acids is 1. The van der Waals surface area contributed by atoms with Gasteiger partial charge in [0.05, 0.1) is 7.11 Å². The summed E-state index contributed by atoms with van der Waals surface area (Å²) in [6.07, 6.45) is 5.29. The van der Waals surface area contributed by atoms with Crippen molar-refractivity contribution in [3.05, 3.63) is 53.8 Å². The van der Waals surface area contributed by atoms with Crippen molar-refractivity contribution in [1.29, 1.82) is 0 Å². The van der Waals surface area contributed by atoms with Crippen LogP contribution in [0.4, 0.5) is 5.69 Å². The summed E-state index contributed by atoms with van der Waals surface area (Å²) in [5.74, 6) is -0.751. The Bertz CT molecular complexity index is 620. The first-order chi connectivity index (χ1) is 12.9. The van der Waals surface area contributed by atoms with E-state index in [0.29, 0.717) is 17.0 Å². The number of carboxylic acids is 1. The zero-order valence-corrected chi connectivity index (χ0v) is 17.9. The number of nitrogens with one attached hydrogen (secondary N) is 1. The van der Waals surface area contributed by atoms with Crippen LogP contribution >= 0.6 is 0 Å². The fraction of sp³-hybridized carbons (Fsp3) is 0.455. The molecule has 2 N–H and O–H groups in total. The fourth-order valence-corrected chi connectivity index (χ4v) is 2.14. The van der Waals surface area contributed by atoms with E-state index >= 15 is 0 Å². The van der Waals surface area contributed by atoms with Crippen LogP contribution < -0.4 is 5.32 Å². The van der Waals surface area contributed by atoms with Crippen molar-refractivity contribution in [3.63, 3.8) is 0 Å². The molecule has 2 atom stereocenters. The SMILES string of the molecule is C/C=C(\C=C/C(C)C(Nc1ccccc1C(C)=O)C(=O)O)OC.CC.CC. The van der Waals surface area contributed by atoms with Crippen LogP contribution in [0.2, 0.25) is 0 Å². The first kappa shape index (κ1) is 26.7. The lowest BCUT2D eigenvalue weighted by molar-refractivity contribution is -0.138. The Hall–Kier alpha value is -2.56. The maximum Gasteiger partial charge on any atom is 0.326 e. The number of benzene rings is 1. The molecule has 0 fully saturated rings. The third-order valence-electron chi connectivity index (χ3n) is 3.49. The molecule has 0 saturated carbocycles. The second kappa shape index (κ2) is 15.7. The second-order valence-corrected chi connectivity index (χ2v) is 5.18. The Morgan fingerprint density at radius 1 is 1.15 bits per heavy atom. The normalized spacial score (nSPS) is 12.7. The first-order valence-corrected chi connectivity index (χ1v) is 9.38. The maximum atomic E-state index is 11.7. The number of carboxylic acid groups (broad SMARTS) is 1. The van der Waals surface area contributed by atoms with E-state index in [1.165, 1.54) is 6.92 Å². The molecule has 152 valence electrons. The third-order valence-corrected chi connectivity index (χ3v) is 3.49. The van der Waals surface area contributed by atoms with Crippen LogP contribution in [0.3, 0.4) is 0 Å². The number of Topliss-reactive ketones (excluding diaryl/α,β-unsaturated/α-hetero) is 1. The molecule has 1 aromatic rings. The van der Waals surface area contributed by atoms with Crippen LogP contribution in [0, 0.1) is 5.92 Å². The van der Waals surface area contributed by atoms with Gasteiger partial charge in [0.25, 0.3) is 0 Å². The number of carbonyl (C=O) groups is 2. The quantitative estimate of drug-likeness (QED) is 0.353. The van der Waals surface area contributed by atoms with Gasteiger partial charge < -0.3 is 15.2 Å². The summed E-state index contributed by atoms with van der Waals surface area (Å²) in [5, 5.41) is 12.4. The minimum absolute atomic E-state index is 0.115. The number of aliphatic carboxylic acids is 1. The number of para-hydroxylation sites is 1. The third kappa shape index (κ3) is 9.64. The van der Waals surface area contributed by atoms with Gasteiger partial charge in [-0.3, -0.25) is 4.79 Å². The Morgan fingerprint density at radius 2 is 1.70 bits per heavy atom. The van der Waals surface area contributed by atoms with Crippen molar-refractivity contribution in [2.45, 2.75) is 54.5 Å². The average molecular weight is 378 g/mol. The Kier molecular flexibility index (Phi) is 15.5. The number of ketones is 1. The number of anilines is 1. The summed E-state index contributed by atoms with van der Waals surface area (Å²) < 4.78 is 5.12. The maximum absolute atomic E-state index is 11.7. The van der Waals surface area contributed by atoms with Crippen LogP contribution in [-0.2, 0) is 9.53 Å². The Balaban J connectivity index is 0. The smallest absolute Gasteiger partial charge is 0.326 e. The number of ether oxygens (including phenoxy) is 1. The topological polar surface area (TPSA) is 75.6 Å². The van der Waals surface area contributed by atoms with Gasteiger partial charge in [0.2, 0.25) is 0 Å². The average Bonchev–Trinajstić information content (AvgIpc) is 2.69. The van der Waals surface area contributed by atoms with Gasteiger partial charge in [-0.15, -0.1) is 0 Å². The van der Waals surface area contributed by atoms with E-state index in [1.807, 2.05) is 34.6 Å². The molecule has 1 rings (SSSR count). The molecule has 0 amide bonds. The molecule has 0 aromatic heterocycles. The van der Waals surface area contributed by atoms with Crippen LogP contribution in [-0.4, -0.2) is 30.0 Å². The van der Waals surface area contributed by atoms with Gasteiger partial charge in [0.15, 0.2) is 5.78 Å². The Labute approximate surface area is 164 Å². The molecule has 0 heterocycles. The second-order valence-electron chi connectivity index (χ2n) is 5.18. The largest absolute Gasteiger partial charge is 0.497 e. The van der Waals surface area contributed by atoms with Crippen LogP contribution in [0.25, 0.3) is 0 Å². The molecule has 1 aromatic carbocycles. The van der Waals surface area contributed by atoms with Crippen LogP contribution in [0.5, 0.6) is 0 Å². The minimum Gasteiger partial charge on any atom is -0.497 e. The number of hydrogen-bond acceptors (Lipinski definition) is 4. The highest BCUT2D eigenvalue weighted by Gasteiger charge is 2.24. The van der Waals surface area contributed by atoms with Gasteiger partial charge >= 0.3 is 5.97 Å². The van der Waals surface area contributed by atoms with Crippen molar-refractivity contribution in [3.8, 4) is 0 Å². The highest BCUT2D eigenvalue weighted by atomic mass is 16.5. The lowest BCUT2D eigenvalue weighted by Gasteiger charge is -2.21. The molecule has 0 spiro atoms. The van der Waals surface area contributed by atoms with Gasteiger partial charge in [-0.25, -0.2) is 4.79 Å². The number of methoxy groups -OCH3 is 1. The number of allylic oxidation sites excluding steroid dienone is 2. The predicted octanol–water partition coefficient (Wildman–Crippen LogP) is 5.55. The molecule has 5 nitrogen and oxygen atoms in total. The van der Waals surface area contributed by atoms with Gasteiger partial charge in [0.1, 0.15) is 11.8 Å². The first-order valence-electron chi connectivity index (χ1n) is 9.38. The summed E-state index contributed by atoms with van der Waals surface area (Å²) in [6, 6.07) is 6.03. The van der Waals surface area contributed by atoms with Gasteiger partial charge in [0, 0.05) is 17.2 Å². The monoisotopic (exact) mass is 377 g/mol. The van der Waals surface area contributed by atoms with Crippen molar-refractivity contribution >= 4 is 17.4 Å². The van der Waals surface area contributed by atoms with Gasteiger partial charge in [-0.2, -0.15) is 0 Å². The number of hydrogen-bond donors (Lipinski definition) is 2. The summed E-state index contributed by atoms with van der Waals surface area (Å²) in [5.41, 5.74) is 0.992. The highest BCUT2D eigenvalue weighted by molar-refractivity contribution is 6.00. The van der Waals surface area contributed by atoms with Gasteiger partial charge in [-0.1, -0.05) is 52.8 Å². The highest BCUT2D eigenvalue weighted by Crippen LogP contribution is 2.20. The van der Waals surface area contributed by atoms with Crippen LogP contribution in [0.15, 0.2) is 48.3 Å². The van der Waals surface area contributed by atoms with Gasteiger partial charge in [-0.05, 0) is 38.1 Å². The fourth-order valence-electron chi connectivity index (χ4n) is 2.14. The molecule has 0 aliphatic carbocycles. The van der Waals surface area contributed by atoms with E-state index in [-0.39, 0.29) is 11.7 Å². The van der Waals surface area contributed by atoms with E-state index < -0.39 is 12.0 Å². The van der Waals surface area contributed by atoms with E-state index in [9.17, 15) is 14.7 Å². The molecule has 0 saturated heterocycles. The summed E-state index contributed by atoms with van der Waals surface area (Å²) in [6.45, 7) is 13.1. The van der Waals surface area contributed by atoms with Crippen molar-refractivity contribution < 1.29 is 19.4 Å². The van der Waals surface area contributed by atoms with E-state index in [1.54, 1.807) is 56.5 Å². The summed E-state index contributed by atoms with van der Waals surface area (Å²) >= 11 is 0. The molecule has 0 bridgehead atoms. The van der Waals surface area contributed by atoms with E-state index in [0.717, 1.165) is 0 Å². The van der Waals surface area contributed by atoms with Crippen molar-refractivity contribution in [2.24, 2.45) is 5.92 Å². The lowest BCUT2D eigenvalue weighted by Crippen LogP contribution is -2.35. The molecule has 27 heavy (non-hydrogen) atoms. The van der Waals surface area contributed by atoms with Crippen molar-refractivity contribution in [2.75, 3.05) is 12.4 Å². The molecular weight excluding hydrogens is 342 g/mol. The zero-order valence-electron chi connectivity index (χ0n) is 17.9. The van der Waals surface area contributed by atoms with Crippen LogP contribution in [0.1, 0.15) is 58.8 Å². The number of rotatable bonds is 8. The molecule has 0 aliphatic rings. The molecule has 0 aliphatic heterocycles. The Morgan fingerprint density at radius 3 is 2.15 bits per heavy atom. The van der Waals surface area contributed by atoms with E-state index in [4.69, 9.17) is 4.74 Å². The molecule has 0 radical (unpaired) electrons. The molecule has 5 heteroatoms. The standard InChI is InChI=1S/C18H23NO4.2C2H6/c1-5-14(23-4)11-10-12(2)17(18(21)22)19-16-9-7-6-8-15(16)13(3)20;2*1-2/h5-12,17,19H,1-4H3,(H,21,22);2*1-2H3/b11-10-,14-5+;;.